The highest BCUT2D eigenvalue weighted by Gasteiger charge is 2.15. The molecule has 4 heteroatoms. The third-order valence-electron chi connectivity index (χ3n) is 3.32. The van der Waals surface area contributed by atoms with Gasteiger partial charge in [0, 0.05) is 11.9 Å². The molecule has 0 bridgehead atoms. The summed E-state index contributed by atoms with van der Waals surface area (Å²) in [7, 11) is 2.15. The third kappa shape index (κ3) is 4.03. The molecule has 1 aromatic carbocycles. The Morgan fingerprint density at radius 3 is 2.68 bits per heavy atom. The zero-order valence-electron chi connectivity index (χ0n) is 11.3. The molecular weight excluding hydrogens is 276 g/mol. The fraction of sp³-hybridized carbons (Fsp3) is 0.400. The van der Waals surface area contributed by atoms with Crippen molar-refractivity contribution in [3.05, 3.63) is 52.0 Å². The second kappa shape index (κ2) is 7.04. The number of aromatic nitrogens is 1. The van der Waals surface area contributed by atoms with E-state index < -0.39 is 0 Å². The van der Waals surface area contributed by atoms with Gasteiger partial charge in [-0.1, -0.05) is 30.3 Å². The lowest BCUT2D eigenvalue weighted by molar-refractivity contribution is 0.264. The number of benzene rings is 1. The maximum absolute atomic E-state index is 5.80. The molecule has 0 fully saturated rings. The van der Waals surface area contributed by atoms with E-state index in [0.29, 0.717) is 11.9 Å². The zero-order valence-corrected chi connectivity index (χ0v) is 12.9. The van der Waals surface area contributed by atoms with E-state index in [1.807, 2.05) is 5.38 Å². The van der Waals surface area contributed by atoms with E-state index >= 15 is 0 Å². The Morgan fingerprint density at radius 2 is 2.05 bits per heavy atom. The summed E-state index contributed by atoms with van der Waals surface area (Å²) in [5.41, 5.74) is 2.35. The summed E-state index contributed by atoms with van der Waals surface area (Å²) < 4.78 is 0. The average Bonchev–Trinajstić information content (AvgIpc) is 2.94. The fourth-order valence-corrected chi connectivity index (χ4v) is 3.08. The van der Waals surface area contributed by atoms with Crippen LogP contribution in [0.15, 0.2) is 35.7 Å². The summed E-state index contributed by atoms with van der Waals surface area (Å²) in [6.07, 6.45) is 1.06. The molecule has 2 rings (SSSR count). The van der Waals surface area contributed by atoms with Crippen LogP contribution in [-0.4, -0.2) is 23.5 Å². The van der Waals surface area contributed by atoms with Gasteiger partial charge in [0.25, 0.3) is 0 Å². The second-order valence-electron chi connectivity index (χ2n) is 4.70. The summed E-state index contributed by atoms with van der Waals surface area (Å²) in [5.74, 6) is 0.497. The molecule has 0 amide bonds. The number of likely N-dealkylation sites (N-methyl/N-ethyl adjacent to an activating group) is 1. The number of thiazole rings is 1. The Hall–Kier alpha value is -0.900. The molecule has 19 heavy (non-hydrogen) atoms. The Balaban J connectivity index is 1.90. The van der Waals surface area contributed by atoms with Crippen molar-refractivity contribution < 1.29 is 0 Å². The van der Waals surface area contributed by atoms with Crippen LogP contribution in [0.25, 0.3) is 0 Å². The molecule has 1 atom stereocenters. The van der Waals surface area contributed by atoms with Crippen molar-refractivity contribution in [1.82, 2.24) is 9.88 Å². The number of hydrogen-bond donors (Lipinski definition) is 0. The highest BCUT2D eigenvalue weighted by molar-refractivity contribution is 7.09. The topological polar surface area (TPSA) is 16.1 Å². The van der Waals surface area contributed by atoms with Crippen LogP contribution in [-0.2, 0) is 12.3 Å². The van der Waals surface area contributed by atoms with E-state index in [1.165, 1.54) is 5.56 Å². The van der Waals surface area contributed by atoms with Crippen molar-refractivity contribution in [2.75, 3.05) is 13.6 Å². The predicted molar refractivity (Wildman–Crippen MR) is 82.9 cm³/mol. The molecule has 1 heterocycles. The van der Waals surface area contributed by atoms with Crippen LogP contribution in [0.5, 0.6) is 0 Å². The van der Waals surface area contributed by atoms with Gasteiger partial charge in [0.1, 0.15) is 5.01 Å². The van der Waals surface area contributed by atoms with Crippen molar-refractivity contribution >= 4 is 22.9 Å². The summed E-state index contributed by atoms with van der Waals surface area (Å²) in [6.45, 7) is 3.23. The van der Waals surface area contributed by atoms with Crippen LogP contribution in [0, 0.1) is 0 Å². The van der Waals surface area contributed by atoms with Crippen molar-refractivity contribution in [2.45, 2.75) is 25.3 Å². The number of halogens is 1. The van der Waals surface area contributed by atoms with E-state index in [-0.39, 0.29) is 0 Å². The van der Waals surface area contributed by atoms with Gasteiger partial charge in [-0.3, -0.25) is 4.90 Å². The first kappa shape index (κ1) is 14.5. The van der Waals surface area contributed by atoms with E-state index in [4.69, 9.17) is 11.6 Å². The van der Waals surface area contributed by atoms with Gasteiger partial charge in [-0.2, -0.15) is 0 Å². The molecule has 0 radical (unpaired) electrons. The highest BCUT2D eigenvalue weighted by atomic mass is 35.5. The van der Waals surface area contributed by atoms with Gasteiger partial charge in [-0.05, 0) is 26.0 Å². The summed E-state index contributed by atoms with van der Waals surface area (Å²) in [6, 6.07) is 10.9. The largest absolute Gasteiger partial charge is 0.297 e. The number of hydrogen-bond acceptors (Lipinski definition) is 3. The Morgan fingerprint density at radius 1 is 1.32 bits per heavy atom. The summed E-state index contributed by atoms with van der Waals surface area (Å²) >= 11 is 7.49. The van der Waals surface area contributed by atoms with Crippen molar-refractivity contribution in [2.24, 2.45) is 0 Å². The molecule has 2 nitrogen and oxygen atoms in total. The van der Waals surface area contributed by atoms with E-state index in [1.54, 1.807) is 11.3 Å². The first-order valence-electron chi connectivity index (χ1n) is 6.45. The summed E-state index contributed by atoms with van der Waals surface area (Å²) in [4.78, 5) is 6.89. The maximum Gasteiger partial charge on any atom is 0.110 e. The van der Waals surface area contributed by atoms with Crippen LogP contribution in [0.4, 0.5) is 0 Å². The molecule has 0 spiro atoms. The Labute approximate surface area is 124 Å². The predicted octanol–water partition coefficient (Wildman–Crippen LogP) is 4.12. The molecule has 0 aliphatic carbocycles. The standard InChI is InChI=1S/C15H19ClN2S/c1-12(15-17-14(10-16)11-19-15)18(2)9-8-13-6-4-3-5-7-13/h3-7,11-12H,8-10H2,1-2H3. The fourth-order valence-electron chi connectivity index (χ4n) is 1.91. The van der Waals surface area contributed by atoms with Crippen LogP contribution in [0.3, 0.4) is 0 Å². The van der Waals surface area contributed by atoms with Crippen molar-refractivity contribution in [3.63, 3.8) is 0 Å². The maximum atomic E-state index is 5.80. The lowest BCUT2D eigenvalue weighted by atomic mass is 10.1. The van der Waals surface area contributed by atoms with Gasteiger partial charge in [0.2, 0.25) is 0 Å². The van der Waals surface area contributed by atoms with E-state index in [9.17, 15) is 0 Å². The van der Waals surface area contributed by atoms with Crippen molar-refractivity contribution in [3.8, 4) is 0 Å². The minimum Gasteiger partial charge on any atom is -0.297 e. The normalized spacial score (nSPS) is 12.8. The smallest absolute Gasteiger partial charge is 0.110 e. The third-order valence-corrected chi connectivity index (χ3v) is 4.66. The molecule has 1 unspecified atom stereocenters. The van der Waals surface area contributed by atoms with Crippen LogP contribution in [0.2, 0.25) is 0 Å². The molecule has 0 aliphatic heterocycles. The second-order valence-corrected chi connectivity index (χ2v) is 5.86. The quantitative estimate of drug-likeness (QED) is 0.745. The highest BCUT2D eigenvalue weighted by Crippen LogP contribution is 2.23. The summed E-state index contributed by atoms with van der Waals surface area (Å²) in [5, 5.41) is 3.19. The monoisotopic (exact) mass is 294 g/mol. The van der Waals surface area contributed by atoms with Gasteiger partial charge in [-0.25, -0.2) is 4.98 Å². The van der Waals surface area contributed by atoms with Crippen molar-refractivity contribution in [1.29, 1.82) is 0 Å². The average molecular weight is 295 g/mol. The van der Waals surface area contributed by atoms with Crippen LogP contribution >= 0.6 is 22.9 Å². The molecular formula is C15H19ClN2S. The van der Waals surface area contributed by atoms with E-state index in [0.717, 1.165) is 23.7 Å². The number of alkyl halides is 1. The lowest BCUT2D eigenvalue weighted by Crippen LogP contribution is -2.24. The van der Waals surface area contributed by atoms with Gasteiger partial charge < -0.3 is 0 Å². The molecule has 1 aromatic heterocycles. The zero-order chi connectivity index (χ0) is 13.7. The Bertz CT molecular complexity index is 498. The van der Waals surface area contributed by atoms with Gasteiger partial charge >= 0.3 is 0 Å². The Kier molecular flexibility index (Phi) is 5.37. The van der Waals surface area contributed by atoms with Crippen LogP contribution < -0.4 is 0 Å². The van der Waals surface area contributed by atoms with E-state index in [2.05, 4.69) is 54.2 Å². The molecule has 0 saturated heterocycles. The molecule has 102 valence electrons. The first-order valence-corrected chi connectivity index (χ1v) is 7.86. The molecule has 0 aliphatic rings. The lowest BCUT2D eigenvalue weighted by Gasteiger charge is -2.22. The molecule has 2 aromatic rings. The van der Waals surface area contributed by atoms with Gasteiger partial charge in [-0.15, -0.1) is 22.9 Å². The minimum absolute atomic E-state index is 0.339. The number of nitrogens with zero attached hydrogens (tertiary/aromatic N) is 2. The van der Waals surface area contributed by atoms with Gasteiger partial charge in [0.05, 0.1) is 17.6 Å². The first-order chi connectivity index (χ1) is 9.20. The van der Waals surface area contributed by atoms with Crippen LogP contribution in [0.1, 0.15) is 29.2 Å². The van der Waals surface area contributed by atoms with Gasteiger partial charge in [0.15, 0.2) is 0 Å². The minimum atomic E-state index is 0.339. The molecule has 0 N–H and O–H groups in total. The number of rotatable bonds is 6. The molecule has 0 saturated carbocycles. The SMILES string of the molecule is CC(c1nc(CCl)cs1)N(C)CCc1ccccc1.